The van der Waals surface area contributed by atoms with Crippen molar-refractivity contribution in [1.29, 1.82) is 0 Å². The standard InChI is InChI=1S/C19H22ClN3O5S/c1-12-11-29(26,27)23(19(12)25)13-6-7-14(15(20)9-13)18(24)21-10-16(22(2)3)17-5-4-8-28-17/h4-9,12,16H,10-11H2,1-3H3,(H,21,24). The normalized spacial score (nSPS) is 19.6. The maximum atomic E-state index is 12.6. The number of rotatable bonds is 6. The monoisotopic (exact) mass is 439 g/mol. The first-order chi connectivity index (χ1) is 13.6. The van der Waals surface area contributed by atoms with Crippen LogP contribution in [0.2, 0.25) is 5.02 Å². The van der Waals surface area contributed by atoms with Crippen LogP contribution in [0.25, 0.3) is 0 Å². The van der Waals surface area contributed by atoms with Crippen LogP contribution in [0.3, 0.4) is 0 Å². The van der Waals surface area contributed by atoms with E-state index in [4.69, 9.17) is 16.0 Å². The van der Waals surface area contributed by atoms with E-state index >= 15 is 0 Å². The average Bonchev–Trinajstić information content (AvgIpc) is 3.21. The second kappa shape index (κ2) is 8.17. The quantitative estimate of drug-likeness (QED) is 0.741. The molecule has 2 aromatic rings. The molecular weight excluding hydrogens is 418 g/mol. The number of furan rings is 1. The predicted molar refractivity (Wildman–Crippen MR) is 109 cm³/mol. The molecule has 8 nitrogen and oxygen atoms in total. The van der Waals surface area contributed by atoms with Gasteiger partial charge in [0.25, 0.3) is 5.91 Å². The summed E-state index contributed by atoms with van der Waals surface area (Å²) in [5, 5.41) is 2.86. The van der Waals surface area contributed by atoms with Crippen LogP contribution in [0.5, 0.6) is 0 Å². The zero-order valence-corrected chi connectivity index (χ0v) is 17.8. The van der Waals surface area contributed by atoms with Gasteiger partial charge in [0.05, 0.1) is 40.2 Å². The van der Waals surface area contributed by atoms with E-state index in [0.29, 0.717) is 5.76 Å². The number of carbonyl (C=O) groups excluding carboxylic acids is 2. The van der Waals surface area contributed by atoms with Gasteiger partial charge in [-0.2, -0.15) is 0 Å². The molecule has 29 heavy (non-hydrogen) atoms. The summed E-state index contributed by atoms with van der Waals surface area (Å²) in [6, 6.07) is 7.58. The highest BCUT2D eigenvalue weighted by Gasteiger charge is 2.42. The molecule has 2 heterocycles. The highest BCUT2D eigenvalue weighted by atomic mass is 35.5. The number of benzene rings is 1. The van der Waals surface area contributed by atoms with Crippen molar-refractivity contribution >= 4 is 39.1 Å². The molecule has 1 aliphatic rings. The van der Waals surface area contributed by atoms with E-state index in [0.717, 1.165) is 4.31 Å². The molecule has 1 N–H and O–H groups in total. The van der Waals surface area contributed by atoms with Crippen molar-refractivity contribution in [3.63, 3.8) is 0 Å². The molecular formula is C19H22ClN3O5S. The van der Waals surface area contributed by atoms with Gasteiger partial charge in [0, 0.05) is 6.54 Å². The molecule has 1 aromatic carbocycles. The topological polar surface area (TPSA) is 99.9 Å². The number of anilines is 1. The van der Waals surface area contributed by atoms with E-state index in [1.807, 2.05) is 25.1 Å². The van der Waals surface area contributed by atoms with Gasteiger partial charge in [-0.1, -0.05) is 18.5 Å². The lowest BCUT2D eigenvalue weighted by atomic mass is 10.1. The van der Waals surface area contributed by atoms with Crippen molar-refractivity contribution in [1.82, 2.24) is 10.2 Å². The van der Waals surface area contributed by atoms with E-state index in [1.54, 1.807) is 19.3 Å². The van der Waals surface area contributed by atoms with E-state index < -0.39 is 27.8 Å². The van der Waals surface area contributed by atoms with Crippen molar-refractivity contribution in [2.24, 2.45) is 5.92 Å². The first kappa shape index (κ1) is 21.4. The van der Waals surface area contributed by atoms with Crippen molar-refractivity contribution in [2.75, 3.05) is 30.7 Å². The molecule has 156 valence electrons. The SMILES string of the molecule is CC1CS(=O)(=O)N(c2ccc(C(=O)NCC(c3ccco3)N(C)C)c(Cl)c2)C1=O. The Balaban J connectivity index is 1.76. The summed E-state index contributed by atoms with van der Waals surface area (Å²) in [5.74, 6) is -1.07. The minimum atomic E-state index is -3.74. The van der Waals surface area contributed by atoms with Gasteiger partial charge in [0.15, 0.2) is 0 Å². The molecule has 0 spiro atoms. The molecule has 0 bridgehead atoms. The fourth-order valence-corrected chi connectivity index (χ4v) is 5.28. The number of halogens is 1. The third-order valence-corrected chi connectivity index (χ3v) is 6.92. The molecule has 1 fully saturated rings. The van der Waals surface area contributed by atoms with Crippen LogP contribution in [-0.4, -0.2) is 51.5 Å². The molecule has 1 saturated heterocycles. The van der Waals surface area contributed by atoms with Crippen molar-refractivity contribution in [3.05, 3.63) is 52.9 Å². The minimum Gasteiger partial charge on any atom is -0.468 e. The summed E-state index contributed by atoms with van der Waals surface area (Å²) in [6.07, 6.45) is 1.57. The highest BCUT2D eigenvalue weighted by molar-refractivity contribution is 7.94. The number of likely N-dealkylation sites (N-methyl/N-ethyl adjacent to an activating group) is 1. The van der Waals surface area contributed by atoms with Gasteiger partial charge in [-0.3, -0.25) is 14.5 Å². The van der Waals surface area contributed by atoms with Gasteiger partial charge < -0.3 is 9.73 Å². The van der Waals surface area contributed by atoms with E-state index in [9.17, 15) is 18.0 Å². The average molecular weight is 440 g/mol. The second-order valence-corrected chi connectivity index (χ2v) is 9.42. The van der Waals surface area contributed by atoms with E-state index in [2.05, 4.69) is 5.32 Å². The number of amides is 2. The van der Waals surface area contributed by atoms with Gasteiger partial charge in [-0.25, -0.2) is 12.7 Å². The lowest BCUT2D eigenvalue weighted by Gasteiger charge is -2.22. The van der Waals surface area contributed by atoms with E-state index in [1.165, 1.54) is 18.2 Å². The van der Waals surface area contributed by atoms with Crippen LogP contribution in [0, 0.1) is 5.92 Å². The molecule has 1 aromatic heterocycles. The lowest BCUT2D eigenvalue weighted by molar-refractivity contribution is -0.119. The van der Waals surface area contributed by atoms with Gasteiger partial charge in [0.1, 0.15) is 5.76 Å². The van der Waals surface area contributed by atoms with Crippen LogP contribution in [0.1, 0.15) is 29.1 Å². The molecule has 0 radical (unpaired) electrons. The Bertz CT molecular complexity index is 1020. The van der Waals surface area contributed by atoms with Crippen LogP contribution in [-0.2, 0) is 14.8 Å². The lowest BCUT2D eigenvalue weighted by Crippen LogP contribution is -2.34. The number of hydrogen-bond acceptors (Lipinski definition) is 6. The van der Waals surface area contributed by atoms with Gasteiger partial charge in [0.2, 0.25) is 15.9 Å². The molecule has 2 unspecified atom stereocenters. The summed E-state index contributed by atoms with van der Waals surface area (Å²) < 4.78 is 30.6. The Kier molecular flexibility index (Phi) is 6.02. The maximum Gasteiger partial charge on any atom is 0.252 e. The van der Waals surface area contributed by atoms with Crippen LogP contribution >= 0.6 is 11.6 Å². The number of nitrogens with zero attached hydrogens (tertiary/aromatic N) is 2. The molecule has 3 rings (SSSR count). The van der Waals surface area contributed by atoms with Crippen LogP contribution < -0.4 is 9.62 Å². The zero-order chi connectivity index (χ0) is 21.3. The summed E-state index contributed by atoms with van der Waals surface area (Å²) in [4.78, 5) is 26.7. The Morgan fingerprint density at radius 2 is 2.10 bits per heavy atom. The molecule has 2 atom stereocenters. The van der Waals surface area contributed by atoms with Crippen molar-refractivity contribution in [2.45, 2.75) is 13.0 Å². The summed E-state index contributed by atoms with van der Waals surface area (Å²) in [7, 11) is 0.00547. The first-order valence-corrected chi connectivity index (χ1v) is 10.9. The molecule has 1 aliphatic heterocycles. The van der Waals surface area contributed by atoms with Gasteiger partial charge in [-0.05, 0) is 44.4 Å². The fourth-order valence-electron chi connectivity index (χ4n) is 3.20. The summed E-state index contributed by atoms with van der Waals surface area (Å²) >= 11 is 6.23. The van der Waals surface area contributed by atoms with Crippen LogP contribution in [0.15, 0.2) is 41.0 Å². The highest BCUT2D eigenvalue weighted by Crippen LogP contribution is 2.31. The Hall–Kier alpha value is -2.36. The zero-order valence-electron chi connectivity index (χ0n) is 16.3. The number of carbonyl (C=O) groups is 2. The number of hydrogen-bond donors (Lipinski definition) is 1. The molecule has 0 aliphatic carbocycles. The number of nitrogens with one attached hydrogen (secondary N) is 1. The van der Waals surface area contributed by atoms with Crippen molar-refractivity contribution < 1.29 is 22.4 Å². The van der Waals surface area contributed by atoms with Crippen LogP contribution in [0.4, 0.5) is 5.69 Å². The molecule has 2 amide bonds. The smallest absolute Gasteiger partial charge is 0.252 e. The van der Waals surface area contributed by atoms with Gasteiger partial charge >= 0.3 is 0 Å². The first-order valence-electron chi connectivity index (χ1n) is 8.96. The molecule has 0 saturated carbocycles. The molecule has 10 heteroatoms. The maximum absolute atomic E-state index is 12.6. The fraction of sp³-hybridized carbons (Fsp3) is 0.368. The summed E-state index contributed by atoms with van der Waals surface area (Å²) in [6.45, 7) is 1.84. The minimum absolute atomic E-state index is 0.0574. The Morgan fingerprint density at radius 1 is 1.38 bits per heavy atom. The number of sulfonamides is 1. The van der Waals surface area contributed by atoms with Gasteiger partial charge in [-0.15, -0.1) is 0 Å². The Labute approximate surface area is 174 Å². The Morgan fingerprint density at radius 3 is 2.62 bits per heavy atom. The summed E-state index contributed by atoms with van der Waals surface area (Å²) in [5.41, 5.74) is 0.312. The second-order valence-electron chi connectivity index (χ2n) is 7.15. The third kappa shape index (κ3) is 4.31. The van der Waals surface area contributed by atoms with E-state index in [-0.39, 0.29) is 34.6 Å². The van der Waals surface area contributed by atoms with Crippen molar-refractivity contribution in [3.8, 4) is 0 Å². The largest absolute Gasteiger partial charge is 0.468 e. The third-order valence-electron chi connectivity index (χ3n) is 4.74. The predicted octanol–water partition coefficient (Wildman–Crippen LogP) is 2.28.